The molecule has 3 heterocycles. The van der Waals surface area contributed by atoms with E-state index >= 15 is 0 Å². The topological polar surface area (TPSA) is 68.8 Å². The Morgan fingerprint density at radius 2 is 2.12 bits per heavy atom. The van der Waals surface area contributed by atoms with Crippen molar-refractivity contribution in [3.8, 4) is 0 Å². The van der Waals surface area contributed by atoms with Gasteiger partial charge in [-0.25, -0.2) is 4.79 Å². The second-order valence-electron chi connectivity index (χ2n) is 7.87. The Morgan fingerprint density at radius 3 is 2.85 bits per heavy atom. The van der Waals surface area contributed by atoms with Crippen LogP contribution in [-0.2, 0) is 4.79 Å². The van der Waals surface area contributed by atoms with Crippen LogP contribution in [0.1, 0.15) is 32.1 Å². The summed E-state index contributed by atoms with van der Waals surface area (Å²) in [6.07, 6.45) is 8.92. The lowest BCUT2D eigenvalue weighted by atomic mass is 9.92. The maximum atomic E-state index is 12.7. The van der Waals surface area contributed by atoms with E-state index in [-0.39, 0.29) is 17.5 Å². The second kappa shape index (κ2) is 6.87. The normalized spacial score (nSPS) is 27.5. The van der Waals surface area contributed by atoms with E-state index in [9.17, 15) is 9.59 Å². The van der Waals surface area contributed by atoms with Gasteiger partial charge >= 0.3 is 6.03 Å². The minimum atomic E-state index is -0.184. The van der Waals surface area contributed by atoms with Gasteiger partial charge in [-0.15, -0.1) is 0 Å². The van der Waals surface area contributed by atoms with Gasteiger partial charge in [-0.2, -0.15) is 0 Å². The Balaban J connectivity index is 1.46. The number of likely N-dealkylation sites (N-methyl/N-ethyl adjacent to an activating group) is 1. The number of amides is 3. The molecule has 7 heteroatoms. The lowest BCUT2D eigenvalue weighted by Gasteiger charge is -2.46. The van der Waals surface area contributed by atoms with E-state index < -0.39 is 0 Å². The maximum Gasteiger partial charge on any atom is 0.317 e. The van der Waals surface area contributed by atoms with Crippen LogP contribution in [0.2, 0.25) is 0 Å². The highest BCUT2D eigenvalue weighted by Gasteiger charge is 2.48. The van der Waals surface area contributed by atoms with Gasteiger partial charge in [0.2, 0.25) is 5.91 Å². The summed E-state index contributed by atoms with van der Waals surface area (Å²) in [7, 11) is 2.00. The molecule has 0 unspecified atom stereocenters. The molecule has 26 heavy (non-hydrogen) atoms. The molecule has 0 radical (unpaired) electrons. The van der Waals surface area contributed by atoms with Crippen molar-refractivity contribution in [2.24, 2.45) is 0 Å². The van der Waals surface area contributed by atoms with E-state index in [1.165, 1.54) is 12.8 Å². The maximum absolute atomic E-state index is 12.7. The summed E-state index contributed by atoms with van der Waals surface area (Å²) < 4.78 is 0. The summed E-state index contributed by atoms with van der Waals surface area (Å²) in [6, 6.07) is 4.15. The molecule has 140 valence electrons. The largest absolute Gasteiger partial charge is 0.335 e. The van der Waals surface area contributed by atoms with E-state index in [0.717, 1.165) is 31.5 Å². The van der Waals surface area contributed by atoms with Crippen molar-refractivity contribution in [2.45, 2.75) is 43.7 Å². The quantitative estimate of drug-likeness (QED) is 0.870. The molecule has 4 rings (SSSR count). The fourth-order valence-electron chi connectivity index (χ4n) is 4.51. The predicted molar refractivity (Wildman–Crippen MR) is 98.9 cm³/mol. The first-order valence-corrected chi connectivity index (χ1v) is 9.54. The number of likely N-dealkylation sites (tertiary alicyclic amines) is 1. The molecule has 0 bridgehead atoms. The third-order valence-corrected chi connectivity index (χ3v) is 6.20. The first-order valence-electron chi connectivity index (χ1n) is 9.54. The standard InChI is InChI=1S/C19H27N5O2/c1-22-12-17(25)24(16-7-4-9-20-11-16)14-19(22)8-10-23(13-19)18(26)21-15-5-2-3-6-15/h4,7,9,11,15H,2-3,5-6,8,10,12-14H2,1H3,(H,21,26)/t19-/m1/s1. The van der Waals surface area contributed by atoms with Crippen LogP contribution >= 0.6 is 0 Å². The molecule has 3 aliphatic rings. The summed E-state index contributed by atoms with van der Waals surface area (Å²) >= 11 is 0. The van der Waals surface area contributed by atoms with Crippen LogP contribution in [-0.4, -0.2) is 71.5 Å². The smallest absolute Gasteiger partial charge is 0.317 e. The number of nitrogens with one attached hydrogen (secondary N) is 1. The predicted octanol–water partition coefficient (Wildman–Crippen LogP) is 1.46. The van der Waals surface area contributed by atoms with Crippen LogP contribution in [0.15, 0.2) is 24.5 Å². The van der Waals surface area contributed by atoms with E-state index in [2.05, 4.69) is 15.2 Å². The molecule has 7 nitrogen and oxygen atoms in total. The van der Waals surface area contributed by atoms with Crippen molar-refractivity contribution in [1.82, 2.24) is 20.1 Å². The number of hydrogen-bond donors (Lipinski definition) is 1. The first-order chi connectivity index (χ1) is 12.6. The Morgan fingerprint density at radius 1 is 1.31 bits per heavy atom. The minimum absolute atomic E-state index is 0.0482. The molecule has 2 saturated heterocycles. The number of hydrogen-bond acceptors (Lipinski definition) is 4. The van der Waals surface area contributed by atoms with Crippen LogP contribution in [0.5, 0.6) is 0 Å². The van der Waals surface area contributed by atoms with Crippen molar-refractivity contribution in [1.29, 1.82) is 0 Å². The summed E-state index contributed by atoms with van der Waals surface area (Å²) in [4.78, 5) is 35.2. The van der Waals surface area contributed by atoms with E-state index in [4.69, 9.17) is 0 Å². The number of urea groups is 1. The highest BCUT2D eigenvalue weighted by atomic mass is 16.2. The van der Waals surface area contributed by atoms with Gasteiger partial charge in [-0.3, -0.25) is 14.7 Å². The van der Waals surface area contributed by atoms with Gasteiger partial charge in [-0.1, -0.05) is 12.8 Å². The van der Waals surface area contributed by atoms with Crippen molar-refractivity contribution in [2.75, 3.05) is 38.1 Å². The highest BCUT2D eigenvalue weighted by molar-refractivity contribution is 5.95. The van der Waals surface area contributed by atoms with Gasteiger partial charge in [0.1, 0.15) is 0 Å². The number of pyridine rings is 1. The van der Waals surface area contributed by atoms with Gasteiger partial charge in [0.25, 0.3) is 0 Å². The molecule has 3 fully saturated rings. The molecule has 3 amide bonds. The SMILES string of the molecule is CN1CC(=O)N(c2cccnc2)C[C@]12CCN(C(=O)NC1CCCC1)C2. The Labute approximate surface area is 154 Å². The van der Waals surface area contributed by atoms with Gasteiger partial charge in [0, 0.05) is 31.9 Å². The van der Waals surface area contributed by atoms with Gasteiger partial charge in [0.15, 0.2) is 0 Å². The Hall–Kier alpha value is -2.15. The molecule has 1 aromatic heterocycles. The van der Waals surface area contributed by atoms with Gasteiger partial charge < -0.3 is 15.1 Å². The third kappa shape index (κ3) is 3.16. The molecule has 1 N–H and O–H groups in total. The third-order valence-electron chi connectivity index (χ3n) is 6.20. The number of rotatable bonds is 2. The fraction of sp³-hybridized carbons (Fsp3) is 0.632. The lowest BCUT2D eigenvalue weighted by Crippen LogP contribution is -2.64. The molecule has 2 aliphatic heterocycles. The van der Waals surface area contributed by atoms with E-state index in [1.54, 1.807) is 12.4 Å². The highest BCUT2D eigenvalue weighted by Crippen LogP contribution is 2.33. The average molecular weight is 357 g/mol. The zero-order valence-electron chi connectivity index (χ0n) is 15.4. The Bertz CT molecular complexity index is 676. The monoisotopic (exact) mass is 357 g/mol. The summed E-state index contributed by atoms with van der Waals surface area (Å²) in [6.45, 7) is 2.36. The number of carbonyl (C=O) groups excluding carboxylic acids is 2. The zero-order valence-corrected chi connectivity index (χ0v) is 15.4. The zero-order chi connectivity index (χ0) is 18.1. The molecular weight excluding hydrogens is 330 g/mol. The summed E-state index contributed by atoms with van der Waals surface area (Å²) in [5.41, 5.74) is 0.648. The van der Waals surface area contributed by atoms with Gasteiger partial charge in [0.05, 0.1) is 24.0 Å². The van der Waals surface area contributed by atoms with E-state index in [1.807, 2.05) is 29.0 Å². The fourth-order valence-corrected chi connectivity index (χ4v) is 4.51. The molecular formula is C19H27N5O2. The van der Waals surface area contributed by atoms with Crippen LogP contribution in [0.3, 0.4) is 0 Å². The van der Waals surface area contributed by atoms with Crippen LogP contribution in [0.25, 0.3) is 0 Å². The van der Waals surface area contributed by atoms with Crippen LogP contribution < -0.4 is 10.2 Å². The van der Waals surface area contributed by atoms with Crippen LogP contribution in [0, 0.1) is 0 Å². The summed E-state index contributed by atoms with van der Waals surface area (Å²) in [5, 5.41) is 3.19. The Kier molecular flexibility index (Phi) is 4.56. The first kappa shape index (κ1) is 17.3. The average Bonchev–Trinajstić information content (AvgIpc) is 3.30. The van der Waals surface area contributed by atoms with Crippen molar-refractivity contribution < 1.29 is 9.59 Å². The number of aromatic nitrogens is 1. The number of piperazine rings is 1. The molecule has 1 aliphatic carbocycles. The van der Waals surface area contributed by atoms with Crippen molar-refractivity contribution in [3.63, 3.8) is 0 Å². The molecule has 0 aromatic carbocycles. The van der Waals surface area contributed by atoms with Crippen molar-refractivity contribution >= 4 is 17.6 Å². The molecule has 1 atom stereocenters. The number of nitrogens with zero attached hydrogens (tertiary/aromatic N) is 4. The lowest BCUT2D eigenvalue weighted by molar-refractivity contribution is -0.123. The molecule has 1 aromatic rings. The molecule has 1 spiro atoms. The summed E-state index contributed by atoms with van der Waals surface area (Å²) in [5.74, 6) is 0.0833. The minimum Gasteiger partial charge on any atom is -0.335 e. The number of carbonyl (C=O) groups is 2. The molecule has 1 saturated carbocycles. The van der Waals surface area contributed by atoms with Crippen molar-refractivity contribution in [3.05, 3.63) is 24.5 Å². The van der Waals surface area contributed by atoms with Gasteiger partial charge in [-0.05, 0) is 38.4 Å². The second-order valence-corrected chi connectivity index (χ2v) is 7.87. The van der Waals surface area contributed by atoms with E-state index in [0.29, 0.717) is 25.7 Å². The van der Waals surface area contributed by atoms with Crippen LogP contribution in [0.4, 0.5) is 10.5 Å². The number of anilines is 1.